The predicted molar refractivity (Wildman–Crippen MR) is 91.9 cm³/mol. The molecule has 2 aliphatic rings. The molecule has 1 amide bonds. The Morgan fingerprint density at radius 2 is 2.12 bits per heavy atom. The molecule has 3 rings (SSSR count). The number of amides is 1. The average Bonchev–Trinajstić information content (AvgIpc) is 3.09. The van der Waals surface area contributed by atoms with Crippen LogP contribution in [-0.4, -0.2) is 32.7 Å². The van der Waals surface area contributed by atoms with Crippen LogP contribution in [0.2, 0.25) is 0 Å². The van der Waals surface area contributed by atoms with Gasteiger partial charge in [0.2, 0.25) is 5.91 Å². The van der Waals surface area contributed by atoms with Crippen LogP contribution in [0.3, 0.4) is 0 Å². The summed E-state index contributed by atoms with van der Waals surface area (Å²) in [5, 5.41) is 3.16. The van der Waals surface area contributed by atoms with E-state index in [1.165, 1.54) is 6.42 Å². The number of carbonyl (C=O) groups excluding carboxylic acids is 1. The van der Waals surface area contributed by atoms with Crippen molar-refractivity contribution in [3.8, 4) is 11.5 Å². The van der Waals surface area contributed by atoms with E-state index in [9.17, 15) is 4.79 Å². The van der Waals surface area contributed by atoms with Crippen LogP contribution in [0.1, 0.15) is 37.8 Å². The number of ether oxygens (including phenoxy) is 2. The van der Waals surface area contributed by atoms with Crippen LogP contribution in [0.5, 0.6) is 11.5 Å². The molecule has 1 heterocycles. The molecular weight excluding hydrogens is 306 g/mol. The van der Waals surface area contributed by atoms with Gasteiger partial charge in [-0.3, -0.25) is 15.6 Å². The minimum Gasteiger partial charge on any atom is -0.497 e. The molecule has 0 spiro atoms. The third-order valence-electron chi connectivity index (χ3n) is 5.26. The summed E-state index contributed by atoms with van der Waals surface area (Å²) in [7, 11) is 3.27. The van der Waals surface area contributed by atoms with Crippen molar-refractivity contribution >= 4 is 5.91 Å². The van der Waals surface area contributed by atoms with Gasteiger partial charge in [-0.25, -0.2) is 0 Å². The van der Waals surface area contributed by atoms with Crippen molar-refractivity contribution in [2.24, 2.45) is 11.8 Å². The number of fused-ring (bicyclic) bond motifs is 1. The molecule has 0 bridgehead atoms. The molecule has 6 heteroatoms. The second-order valence-corrected chi connectivity index (χ2v) is 6.69. The minimum atomic E-state index is -0.141. The molecule has 1 saturated carbocycles. The molecule has 6 nitrogen and oxygen atoms in total. The molecule has 0 radical (unpaired) electrons. The lowest BCUT2D eigenvalue weighted by atomic mass is 9.77. The van der Waals surface area contributed by atoms with Crippen LogP contribution in [0.25, 0.3) is 0 Å². The van der Waals surface area contributed by atoms with E-state index in [2.05, 4.69) is 16.2 Å². The Labute approximate surface area is 143 Å². The van der Waals surface area contributed by atoms with Gasteiger partial charge >= 0.3 is 0 Å². The van der Waals surface area contributed by atoms with Crippen molar-refractivity contribution < 1.29 is 14.3 Å². The van der Waals surface area contributed by atoms with Crippen LogP contribution in [0, 0.1) is 11.8 Å². The maximum Gasteiger partial charge on any atom is 0.225 e. The fraction of sp³-hybridized carbons (Fsp3) is 0.611. The van der Waals surface area contributed by atoms with Gasteiger partial charge in [0.05, 0.1) is 26.2 Å². The summed E-state index contributed by atoms with van der Waals surface area (Å²) in [6, 6.07) is 5.74. The number of benzene rings is 1. The molecule has 4 atom stereocenters. The van der Waals surface area contributed by atoms with Gasteiger partial charge in [-0.15, -0.1) is 0 Å². The Morgan fingerprint density at radius 3 is 2.88 bits per heavy atom. The zero-order valence-electron chi connectivity index (χ0n) is 14.6. The largest absolute Gasteiger partial charge is 0.497 e. The van der Waals surface area contributed by atoms with Crippen molar-refractivity contribution in [3.63, 3.8) is 0 Å². The number of hydrogen-bond acceptors (Lipinski definition) is 5. The highest BCUT2D eigenvalue weighted by molar-refractivity contribution is 5.80. The monoisotopic (exact) mass is 333 g/mol. The van der Waals surface area contributed by atoms with E-state index in [0.29, 0.717) is 5.92 Å². The highest BCUT2D eigenvalue weighted by Crippen LogP contribution is 2.33. The normalized spacial score (nSPS) is 27.2. The maximum absolute atomic E-state index is 12.8. The topological polar surface area (TPSA) is 71.6 Å². The van der Waals surface area contributed by atoms with E-state index in [1.54, 1.807) is 14.2 Å². The van der Waals surface area contributed by atoms with Crippen molar-refractivity contribution in [1.82, 2.24) is 16.2 Å². The number of rotatable bonds is 5. The second kappa shape index (κ2) is 7.40. The lowest BCUT2D eigenvalue weighted by molar-refractivity contribution is -0.127. The number of methoxy groups -OCH3 is 2. The van der Waals surface area contributed by atoms with Crippen LogP contribution < -0.4 is 25.6 Å². The maximum atomic E-state index is 12.8. The zero-order chi connectivity index (χ0) is 17.1. The summed E-state index contributed by atoms with van der Waals surface area (Å²) < 4.78 is 10.7. The smallest absolute Gasteiger partial charge is 0.225 e. The number of hydrazine groups is 1. The van der Waals surface area contributed by atoms with Crippen LogP contribution in [0.15, 0.2) is 18.2 Å². The van der Waals surface area contributed by atoms with Crippen molar-refractivity contribution in [1.29, 1.82) is 0 Å². The lowest BCUT2D eigenvalue weighted by Crippen LogP contribution is -2.48. The molecular formula is C18H27N3O3. The van der Waals surface area contributed by atoms with Crippen molar-refractivity contribution in [2.45, 2.75) is 38.3 Å². The first-order chi connectivity index (χ1) is 11.6. The number of carbonyl (C=O) groups is 1. The molecule has 1 aromatic carbocycles. The molecule has 3 N–H and O–H groups in total. The third-order valence-corrected chi connectivity index (χ3v) is 5.26. The van der Waals surface area contributed by atoms with E-state index in [4.69, 9.17) is 9.47 Å². The van der Waals surface area contributed by atoms with Gasteiger partial charge in [0.25, 0.3) is 0 Å². The quantitative estimate of drug-likeness (QED) is 0.766. The van der Waals surface area contributed by atoms with Gasteiger partial charge in [0.15, 0.2) is 0 Å². The highest BCUT2D eigenvalue weighted by Gasteiger charge is 2.40. The zero-order valence-corrected chi connectivity index (χ0v) is 14.6. The third kappa shape index (κ3) is 3.35. The fourth-order valence-corrected chi connectivity index (χ4v) is 3.91. The van der Waals surface area contributed by atoms with Gasteiger partial charge in [-0.05, 0) is 43.9 Å². The van der Waals surface area contributed by atoms with E-state index in [1.807, 2.05) is 25.1 Å². The highest BCUT2D eigenvalue weighted by atomic mass is 16.5. The summed E-state index contributed by atoms with van der Waals surface area (Å²) in [4.78, 5) is 12.8. The standard InChI is InChI=1S/C18H27N3O3/c1-11(15-9-13(23-2)7-8-16(15)24-3)20-18(22)14-6-4-5-12-10-19-21-17(12)14/h7-9,11-12,14,17,19,21H,4-6,10H2,1-3H3,(H,20,22). The summed E-state index contributed by atoms with van der Waals surface area (Å²) >= 11 is 0. The van der Waals surface area contributed by atoms with E-state index >= 15 is 0 Å². The molecule has 24 heavy (non-hydrogen) atoms. The SMILES string of the molecule is COc1ccc(OC)c(C(C)NC(=O)C2CCCC3CNNC32)c1. The lowest BCUT2D eigenvalue weighted by Gasteiger charge is -2.32. The molecule has 1 aliphatic heterocycles. The molecule has 2 fully saturated rings. The Balaban J connectivity index is 1.72. The summed E-state index contributed by atoms with van der Waals surface area (Å²) in [6.45, 7) is 2.93. The van der Waals surface area contributed by atoms with Gasteiger partial charge in [-0.2, -0.15) is 0 Å². The summed E-state index contributed by atoms with van der Waals surface area (Å²) in [5.74, 6) is 2.18. The van der Waals surface area contributed by atoms with Crippen LogP contribution in [-0.2, 0) is 4.79 Å². The molecule has 4 unspecified atom stereocenters. The average molecular weight is 333 g/mol. The Morgan fingerprint density at radius 1 is 1.29 bits per heavy atom. The second-order valence-electron chi connectivity index (χ2n) is 6.69. The van der Waals surface area contributed by atoms with E-state index in [0.717, 1.165) is 36.4 Å². The first kappa shape index (κ1) is 17.0. The van der Waals surface area contributed by atoms with Gasteiger partial charge < -0.3 is 14.8 Å². The Kier molecular flexibility index (Phi) is 5.26. The molecule has 1 saturated heterocycles. The van der Waals surface area contributed by atoms with Crippen molar-refractivity contribution in [2.75, 3.05) is 20.8 Å². The molecule has 1 aromatic rings. The fourth-order valence-electron chi connectivity index (χ4n) is 3.91. The Bertz CT molecular complexity index is 593. The van der Waals surface area contributed by atoms with Gasteiger partial charge in [0, 0.05) is 18.2 Å². The molecule has 132 valence electrons. The van der Waals surface area contributed by atoms with Crippen LogP contribution in [0.4, 0.5) is 0 Å². The number of nitrogens with one attached hydrogen (secondary N) is 3. The number of hydrogen-bond donors (Lipinski definition) is 3. The van der Waals surface area contributed by atoms with E-state index in [-0.39, 0.29) is 23.9 Å². The molecule has 0 aromatic heterocycles. The van der Waals surface area contributed by atoms with Gasteiger partial charge in [-0.1, -0.05) is 6.42 Å². The minimum absolute atomic E-state index is 0.0119. The first-order valence-electron chi connectivity index (χ1n) is 8.64. The first-order valence-corrected chi connectivity index (χ1v) is 8.64. The summed E-state index contributed by atoms with van der Waals surface area (Å²) in [5.41, 5.74) is 7.41. The summed E-state index contributed by atoms with van der Waals surface area (Å²) in [6.07, 6.45) is 3.23. The predicted octanol–water partition coefficient (Wildman–Crippen LogP) is 1.77. The molecule has 1 aliphatic carbocycles. The van der Waals surface area contributed by atoms with Crippen LogP contribution >= 0.6 is 0 Å². The van der Waals surface area contributed by atoms with Gasteiger partial charge in [0.1, 0.15) is 11.5 Å². The van der Waals surface area contributed by atoms with E-state index < -0.39 is 0 Å². The Hall–Kier alpha value is -1.79. The van der Waals surface area contributed by atoms with Crippen molar-refractivity contribution in [3.05, 3.63) is 23.8 Å².